The molecule has 0 aliphatic carbocycles. The molecule has 1 rings (SSSR count). The summed E-state index contributed by atoms with van der Waals surface area (Å²) in [7, 11) is -3.82. The Hall–Kier alpha value is -1.45. The van der Waals surface area contributed by atoms with Crippen molar-refractivity contribution in [3.05, 3.63) is 17.0 Å². The summed E-state index contributed by atoms with van der Waals surface area (Å²) < 4.78 is 25.8. The predicted octanol–water partition coefficient (Wildman–Crippen LogP) is -0.0115. The zero-order valence-corrected chi connectivity index (χ0v) is 11.0. The summed E-state index contributed by atoms with van der Waals surface area (Å²) in [5.41, 5.74) is 4.95. The average Bonchev–Trinajstić information content (AvgIpc) is 2.63. The minimum atomic E-state index is -3.82. The molecule has 0 spiro atoms. The first kappa shape index (κ1) is 14.6. The van der Waals surface area contributed by atoms with Crippen molar-refractivity contribution in [1.29, 1.82) is 0 Å². The normalized spacial score (nSPS) is 13.2. The molecule has 1 atom stereocenters. The van der Waals surface area contributed by atoms with Crippen molar-refractivity contribution in [2.45, 2.75) is 23.6 Å². The summed E-state index contributed by atoms with van der Waals surface area (Å²) in [4.78, 5) is 21.2. The number of rotatable bonds is 6. The highest BCUT2D eigenvalue weighted by Crippen LogP contribution is 2.21. The lowest BCUT2D eigenvalue weighted by Crippen LogP contribution is -2.35. The fourth-order valence-corrected chi connectivity index (χ4v) is 3.65. The summed E-state index contributed by atoms with van der Waals surface area (Å²) in [6.07, 6.45) is -0.129. The van der Waals surface area contributed by atoms with Crippen LogP contribution in [0, 0.1) is 0 Å². The Morgan fingerprint density at radius 3 is 2.56 bits per heavy atom. The number of sulfonamides is 1. The SMILES string of the molecule is CC(CC(N)=O)NS(=O)(=O)c1ccc(C(=O)O)s1. The van der Waals surface area contributed by atoms with Gasteiger partial charge < -0.3 is 10.8 Å². The molecule has 1 amide bonds. The Bertz CT molecular complexity index is 563. The Labute approximate surface area is 108 Å². The van der Waals surface area contributed by atoms with Crippen LogP contribution in [0.1, 0.15) is 23.0 Å². The number of carboxylic acid groups (broad SMARTS) is 1. The first-order chi connectivity index (χ1) is 8.22. The van der Waals surface area contributed by atoms with Crippen LogP contribution in [0.15, 0.2) is 16.3 Å². The average molecular weight is 292 g/mol. The fraction of sp³-hybridized carbons (Fsp3) is 0.333. The molecule has 9 heteroatoms. The van der Waals surface area contributed by atoms with E-state index in [2.05, 4.69) is 4.72 Å². The molecular weight excluding hydrogens is 280 g/mol. The quantitative estimate of drug-likeness (QED) is 0.679. The van der Waals surface area contributed by atoms with Crippen molar-refractivity contribution in [3.8, 4) is 0 Å². The van der Waals surface area contributed by atoms with Crippen LogP contribution in [-0.4, -0.2) is 31.4 Å². The zero-order chi connectivity index (χ0) is 13.9. The van der Waals surface area contributed by atoms with Crippen LogP contribution in [0.3, 0.4) is 0 Å². The molecule has 1 aromatic rings. The molecule has 7 nitrogen and oxygen atoms in total. The van der Waals surface area contributed by atoms with Gasteiger partial charge in [0.15, 0.2) is 0 Å². The van der Waals surface area contributed by atoms with Crippen LogP contribution >= 0.6 is 11.3 Å². The number of primary amides is 1. The second-order valence-electron chi connectivity index (χ2n) is 3.62. The largest absolute Gasteiger partial charge is 0.477 e. The molecule has 100 valence electrons. The minimum Gasteiger partial charge on any atom is -0.477 e. The van der Waals surface area contributed by atoms with Gasteiger partial charge in [-0.05, 0) is 19.1 Å². The number of hydrogen-bond acceptors (Lipinski definition) is 5. The maximum absolute atomic E-state index is 11.8. The molecule has 0 aliphatic rings. The maximum atomic E-state index is 11.8. The highest BCUT2D eigenvalue weighted by atomic mass is 32.2. The van der Waals surface area contributed by atoms with Gasteiger partial charge in [-0.3, -0.25) is 4.79 Å². The van der Waals surface area contributed by atoms with Gasteiger partial charge in [0.2, 0.25) is 15.9 Å². The first-order valence-corrected chi connectivity index (χ1v) is 7.16. The van der Waals surface area contributed by atoms with E-state index in [0.29, 0.717) is 11.3 Å². The number of nitrogens with two attached hydrogens (primary N) is 1. The molecule has 0 fully saturated rings. The molecule has 0 aromatic carbocycles. The molecule has 4 N–H and O–H groups in total. The van der Waals surface area contributed by atoms with Crippen LogP contribution in [0.4, 0.5) is 0 Å². The van der Waals surface area contributed by atoms with Crippen molar-refractivity contribution >= 4 is 33.2 Å². The maximum Gasteiger partial charge on any atom is 0.345 e. The summed E-state index contributed by atoms with van der Waals surface area (Å²) in [6.45, 7) is 1.49. The molecule has 1 aromatic heterocycles. The van der Waals surface area contributed by atoms with E-state index in [1.54, 1.807) is 0 Å². The number of nitrogens with one attached hydrogen (secondary N) is 1. The third-order valence-corrected chi connectivity index (χ3v) is 5.08. The molecular formula is C9H12N2O5S2. The second-order valence-corrected chi connectivity index (χ2v) is 6.64. The van der Waals surface area contributed by atoms with Crippen LogP contribution in [0.5, 0.6) is 0 Å². The highest BCUT2D eigenvalue weighted by Gasteiger charge is 2.21. The highest BCUT2D eigenvalue weighted by molar-refractivity contribution is 7.91. The lowest BCUT2D eigenvalue weighted by atomic mass is 10.2. The van der Waals surface area contributed by atoms with Crippen LogP contribution in [0.25, 0.3) is 0 Å². The molecule has 0 radical (unpaired) electrons. The van der Waals surface area contributed by atoms with Gasteiger partial charge in [0.05, 0.1) is 0 Å². The van der Waals surface area contributed by atoms with E-state index in [9.17, 15) is 18.0 Å². The number of carbonyl (C=O) groups is 2. The van der Waals surface area contributed by atoms with Gasteiger partial charge in [0, 0.05) is 12.5 Å². The standard InChI is InChI=1S/C9H12N2O5S2/c1-5(4-7(10)12)11-18(15,16)8-3-2-6(17-8)9(13)14/h2-3,5,11H,4H2,1H3,(H2,10,12)(H,13,14). The van der Waals surface area contributed by atoms with Gasteiger partial charge in [-0.15, -0.1) is 11.3 Å². The van der Waals surface area contributed by atoms with E-state index in [1.165, 1.54) is 19.1 Å². The van der Waals surface area contributed by atoms with Crippen molar-refractivity contribution in [3.63, 3.8) is 0 Å². The molecule has 0 aliphatic heterocycles. The minimum absolute atomic E-state index is 0.0714. The van der Waals surface area contributed by atoms with Gasteiger partial charge in [-0.25, -0.2) is 17.9 Å². The predicted molar refractivity (Wildman–Crippen MR) is 64.9 cm³/mol. The van der Waals surface area contributed by atoms with Gasteiger partial charge in [-0.1, -0.05) is 0 Å². The Kier molecular flexibility index (Phi) is 4.43. The van der Waals surface area contributed by atoms with E-state index >= 15 is 0 Å². The fourth-order valence-electron chi connectivity index (χ4n) is 1.25. The van der Waals surface area contributed by atoms with E-state index in [1.807, 2.05) is 0 Å². The van der Waals surface area contributed by atoms with Gasteiger partial charge in [-0.2, -0.15) is 0 Å². The first-order valence-electron chi connectivity index (χ1n) is 4.86. The van der Waals surface area contributed by atoms with Crippen molar-refractivity contribution in [1.82, 2.24) is 4.72 Å². The third kappa shape index (κ3) is 3.79. The van der Waals surface area contributed by atoms with Crippen LogP contribution in [-0.2, 0) is 14.8 Å². The molecule has 0 saturated heterocycles. The zero-order valence-electron chi connectivity index (χ0n) is 9.41. The Balaban J connectivity index is 2.85. The van der Waals surface area contributed by atoms with Crippen molar-refractivity contribution in [2.75, 3.05) is 0 Å². The smallest absolute Gasteiger partial charge is 0.345 e. The molecule has 0 saturated carbocycles. The topological polar surface area (TPSA) is 127 Å². The molecule has 0 bridgehead atoms. The Morgan fingerprint density at radius 2 is 2.11 bits per heavy atom. The summed E-state index contributed by atoms with van der Waals surface area (Å²) >= 11 is 0.643. The van der Waals surface area contributed by atoms with Crippen molar-refractivity contribution < 1.29 is 23.1 Å². The molecule has 1 unspecified atom stereocenters. The summed E-state index contributed by atoms with van der Waals surface area (Å²) in [5.74, 6) is -1.81. The van der Waals surface area contributed by atoms with Crippen molar-refractivity contribution in [2.24, 2.45) is 5.73 Å². The summed E-state index contributed by atoms with van der Waals surface area (Å²) in [6, 6.07) is 1.76. The van der Waals surface area contributed by atoms with Gasteiger partial charge in [0.25, 0.3) is 0 Å². The number of thiophene rings is 1. The second kappa shape index (κ2) is 5.46. The number of aromatic carboxylic acids is 1. The number of carboxylic acids is 1. The molecule has 18 heavy (non-hydrogen) atoms. The van der Waals surface area contributed by atoms with Crippen LogP contribution < -0.4 is 10.5 Å². The van der Waals surface area contributed by atoms with E-state index in [-0.39, 0.29) is 15.5 Å². The summed E-state index contributed by atoms with van der Waals surface area (Å²) in [5, 5.41) is 8.70. The molecule has 1 heterocycles. The van der Waals surface area contributed by atoms with Gasteiger partial charge in [0.1, 0.15) is 9.09 Å². The lowest BCUT2D eigenvalue weighted by molar-refractivity contribution is -0.118. The Morgan fingerprint density at radius 1 is 1.50 bits per heavy atom. The number of carbonyl (C=O) groups excluding carboxylic acids is 1. The van der Waals surface area contributed by atoms with E-state index in [4.69, 9.17) is 10.8 Å². The number of amides is 1. The monoisotopic (exact) mass is 292 g/mol. The van der Waals surface area contributed by atoms with E-state index in [0.717, 1.165) is 0 Å². The van der Waals surface area contributed by atoms with Gasteiger partial charge >= 0.3 is 5.97 Å². The van der Waals surface area contributed by atoms with E-state index < -0.39 is 27.9 Å². The van der Waals surface area contributed by atoms with Crippen LogP contribution in [0.2, 0.25) is 0 Å². The lowest BCUT2D eigenvalue weighted by Gasteiger charge is -2.10. The third-order valence-electron chi connectivity index (χ3n) is 1.92. The number of hydrogen-bond donors (Lipinski definition) is 3.